The summed E-state index contributed by atoms with van der Waals surface area (Å²) in [5.41, 5.74) is 2.23. The summed E-state index contributed by atoms with van der Waals surface area (Å²) in [6.45, 7) is 6.52. The number of nitrogens with zero attached hydrogens (tertiary/aromatic N) is 8. The highest BCUT2D eigenvalue weighted by Crippen LogP contribution is 2.35. The van der Waals surface area contributed by atoms with Crippen LogP contribution in [0.2, 0.25) is 0 Å². The zero-order chi connectivity index (χ0) is 27.2. The quantitative estimate of drug-likeness (QED) is 0.318. The Hall–Kier alpha value is -4.35. The second-order valence-corrected chi connectivity index (χ2v) is 9.89. The van der Waals surface area contributed by atoms with E-state index in [2.05, 4.69) is 25.0 Å². The van der Waals surface area contributed by atoms with Gasteiger partial charge >= 0.3 is 6.18 Å². The van der Waals surface area contributed by atoms with Crippen LogP contribution in [0.15, 0.2) is 49.2 Å². The number of aromatic nitrogens is 8. The summed E-state index contributed by atoms with van der Waals surface area (Å²) < 4.78 is 47.8. The number of hydrogen-bond acceptors (Lipinski definition) is 7. The van der Waals surface area contributed by atoms with Gasteiger partial charge in [-0.15, -0.1) is 0 Å². The summed E-state index contributed by atoms with van der Waals surface area (Å²) in [4.78, 5) is 21.8. The number of methoxy groups -OCH3 is 1. The number of rotatable bonds is 5. The molecule has 0 unspecified atom stereocenters. The highest BCUT2D eigenvalue weighted by Gasteiger charge is 2.34. The van der Waals surface area contributed by atoms with Crippen molar-refractivity contribution in [1.29, 1.82) is 0 Å². The van der Waals surface area contributed by atoms with Gasteiger partial charge in [-0.1, -0.05) is 45.0 Å². The first kappa shape index (κ1) is 25.3. The average molecular weight is 523 g/mol. The van der Waals surface area contributed by atoms with Crippen molar-refractivity contribution >= 4 is 11.0 Å². The molecule has 0 aliphatic heterocycles. The van der Waals surface area contributed by atoms with Crippen LogP contribution in [0.5, 0.6) is 5.88 Å². The highest BCUT2D eigenvalue weighted by atomic mass is 19.4. The van der Waals surface area contributed by atoms with E-state index in [1.54, 1.807) is 36.3 Å². The molecule has 0 saturated carbocycles. The molecule has 0 radical (unpaired) electrons. The molecule has 1 aromatic carbocycles. The van der Waals surface area contributed by atoms with Crippen LogP contribution in [0.3, 0.4) is 0 Å². The van der Waals surface area contributed by atoms with E-state index >= 15 is 0 Å². The van der Waals surface area contributed by atoms with Crippen molar-refractivity contribution in [2.75, 3.05) is 7.11 Å². The lowest BCUT2D eigenvalue weighted by Gasteiger charge is -2.21. The van der Waals surface area contributed by atoms with Crippen LogP contribution in [0.4, 0.5) is 13.2 Å². The lowest BCUT2D eigenvalue weighted by atomic mass is 9.88. The molecule has 4 aromatic heterocycles. The summed E-state index contributed by atoms with van der Waals surface area (Å²) >= 11 is 0. The molecule has 0 bridgehead atoms. The maximum Gasteiger partial charge on any atom is 0.434 e. The predicted molar refractivity (Wildman–Crippen MR) is 134 cm³/mol. The van der Waals surface area contributed by atoms with Crippen molar-refractivity contribution < 1.29 is 17.9 Å². The van der Waals surface area contributed by atoms with Gasteiger partial charge in [0.25, 0.3) is 0 Å². The molecule has 5 aromatic rings. The smallest absolute Gasteiger partial charge is 0.434 e. The average Bonchev–Trinajstić information content (AvgIpc) is 3.46. The van der Waals surface area contributed by atoms with Crippen molar-refractivity contribution in [3.8, 4) is 28.7 Å². The van der Waals surface area contributed by atoms with Crippen LogP contribution >= 0.6 is 0 Å². The van der Waals surface area contributed by atoms with E-state index in [0.29, 0.717) is 35.0 Å². The Morgan fingerprint density at radius 3 is 2.32 bits per heavy atom. The van der Waals surface area contributed by atoms with E-state index in [-0.39, 0.29) is 11.2 Å². The molecule has 196 valence electrons. The lowest BCUT2D eigenvalue weighted by Crippen LogP contribution is -2.17. The van der Waals surface area contributed by atoms with Gasteiger partial charge in [0.05, 0.1) is 30.9 Å². The third-order valence-corrected chi connectivity index (χ3v) is 6.03. The Morgan fingerprint density at radius 1 is 0.947 bits per heavy atom. The van der Waals surface area contributed by atoms with Crippen LogP contribution in [-0.2, 0) is 25.2 Å². The molecular weight excluding hydrogens is 497 g/mol. The molecule has 38 heavy (non-hydrogen) atoms. The van der Waals surface area contributed by atoms with Gasteiger partial charge in [-0.3, -0.25) is 0 Å². The number of halogens is 3. The fourth-order valence-electron chi connectivity index (χ4n) is 4.20. The number of alkyl halides is 3. The fraction of sp³-hybridized carbons (Fsp3) is 0.308. The minimum Gasteiger partial charge on any atom is -0.480 e. The van der Waals surface area contributed by atoms with Gasteiger partial charge in [0, 0.05) is 30.4 Å². The van der Waals surface area contributed by atoms with Crippen molar-refractivity contribution in [2.45, 2.75) is 38.9 Å². The number of fused-ring (bicyclic) bond motifs is 1. The Balaban J connectivity index is 1.48. The van der Waals surface area contributed by atoms with Crippen LogP contribution in [0, 0.1) is 0 Å². The Kier molecular flexibility index (Phi) is 6.12. The molecule has 0 N–H and O–H groups in total. The first-order valence-electron chi connectivity index (χ1n) is 11.7. The van der Waals surface area contributed by atoms with Gasteiger partial charge in [0.15, 0.2) is 17.2 Å². The topological polar surface area (TPSA) is 96.4 Å². The molecule has 9 nitrogen and oxygen atoms in total. The third-order valence-electron chi connectivity index (χ3n) is 6.03. The van der Waals surface area contributed by atoms with Gasteiger partial charge in [-0.05, 0) is 5.56 Å². The zero-order valence-electron chi connectivity index (χ0n) is 21.4. The molecule has 4 heterocycles. The SMILES string of the molecule is COc1ncnc(C(C)(C)C)c1-c1ncc2cnn(Cc3ccc(-c4nc(C(F)(F)F)cn4C)cc3)c2n1. The van der Waals surface area contributed by atoms with Crippen molar-refractivity contribution in [2.24, 2.45) is 7.05 Å². The van der Waals surface area contributed by atoms with Gasteiger partial charge in [-0.25, -0.2) is 29.6 Å². The molecule has 0 amide bonds. The predicted octanol–water partition coefficient (Wildman–Crippen LogP) is 5.06. The monoisotopic (exact) mass is 522 g/mol. The van der Waals surface area contributed by atoms with Crippen LogP contribution in [0.25, 0.3) is 33.8 Å². The molecule has 0 spiro atoms. The lowest BCUT2D eigenvalue weighted by molar-refractivity contribution is -0.140. The highest BCUT2D eigenvalue weighted by molar-refractivity contribution is 5.77. The fourth-order valence-corrected chi connectivity index (χ4v) is 4.20. The van der Waals surface area contributed by atoms with Gasteiger partial charge < -0.3 is 9.30 Å². The molecule has 0 saturated heterocycles. The van der Waals surface area contributed by atoms with E-state index in [0.717, 1.165) is 22.8 Å². The Labute approximate surface area is 216 Å². The largest absolute Gasteiger partial charge is 0.480 e. The molecule has 5 rings (SSSR count). The maximum atomic E-state index is 13.0. The number of ether oxygens (including phenoxy) is 1. The second kappa shape index (κ2) is 9.19. The minimum atomic E-state index is -4.50. The summed E-state index contributed by atoms with van der Waals surface area (Å²) in [5, 5.41) is 5.23. The van der Waals surface area contributed by atoms with Crippen LogP contribution in [-0.4, -0.2) is 46.4 Å². The third kappa shape index (κ3) is 4.69. The van der Waals surface area contributed by atoms with Gasteiger partial charge in [0.2, 0.25) is 5.88 Å². The van der Waals surface area contributed by atoms with E-state index in [1.165, 1.54) is 17.9 Å². The van der Waals surface area contributed by atoms with Crippen molar-refractivity contribution in [1.82, 2.24) is 39.3 Å². The van der Waals surface area contributed by atoms with Crippen molar-refractivity contribution in [3.63, 3.8) is 0 Å². The van der Waals surface area contributed by atoms with E-state index in [9.17, 15) is 13.2 Å². The first-order valence-corrected chi connectivity index (χ1v) is 11.7. The maximum absolute atomic E-state index is 13.0. The molecular formula is C26H25F3N8O. The summed E-state index contributed by atoms with van der Waals surface area (Å²) in [6, 6.07) is 7.15. The molecule has 0 atom stereocenters. The Bertz CT molecular complexity index is 1610. The van der Waals surface area contributed by atoms with Crippen LogP contribution < -0.4 is 4.74 Å². The van der Waals surface area contributed by atoms with Crippen LogP contribution in [0.1, 0.15) is 37.7 Å². The van der Waals surface area contributed by atoms with Gasteiger partial charge in [0.1, 0.15) is 17.7 Å². The Morgan fingerprint density at radius 2 is 1.68 bits per heavy atom. The van der Waals surface area contributed by atoms with E-state index < -0.39 is 11.9 Å². The summed E-state index contributed by atoms with van der Waals surface area (Å²) in [5.74, 6) is 1.04. The van der Waals surface area contributed by atoms with E-state index in [1.807, 2.05) is 32.9 Å². The zero-order valence-corrected chi connectivity index (χ0v) is 21.4. The molecule has 12 heteroatoms. The molecule has 0 fully saturated rings. The number of hydrogen-bond donors (Lipinski definition) is 0. The summed E-state index contributed by atoms with van der Waals surface area (Å²) in [7, 11) is 3.08. The molecule has 0 aliphatic rings. The van der Waals surface area contributed by atoms with E-state index in [4.69, 9.17) is 9.72 Å². The first-order chi connectivity index (χ1) is 18.0. The second-order valence-electron chi connectivity index (χ2n) is 9.89. The minimum absolute atomic E-state index is 0.236. The summed E-state index contributed by atoms with van der Waals surface area (Å²) in [6.07, 6.45) is 1.33. The number of imidazole rings is 1. The standard InChI is InChI=1S/C26H25F3N8O/c1-25(2,3)20-19(24(38-5)32-14-31-20)21-30-10-17-11-33-37(23(17)35-21)12-15-6-8-16(9-7-15)22-34-18(13-36(22)4)26(27,28)29/h6-11,13-14H,12H2,1-5H3. The molecule has 0 aliphatic carbocycles. The van der Waals surface area contributed by atoms with Gasteiger partial charge in [-0.2, -0.15) is 18.3 Å². The normalized spacial score (nSPS) is 12.3. The number of aryl methyl sites for hydroxylation is 1. The number of benzene rings is 1. The van der Waals surface area contributed by atoms with Crippen molar-refractivity contribution in [3.05, 3.63) is 66.1 Å².